The number of aromatic nitrogens is 5. The molecule has 1 aliphatic rings. The van der Waals surface area contributed by atoms with Crippen molar-refractivity contribution in [1.82, 2.24) is 29.6 Å². The van der Waals surface area contributed by atoms with Gasteiger partial charge in [0.15, 0.2) is 11.4 Å². The van der Waals surface area contributed by atoms with Gasteiger partial charge in [0.25, 0.3) is 0 Å². The van der Waals surface area contributed by atoms with Gasteiger partial charge in [-0.2, -0.15) is 0 Å². The lowest BCUT2D eigenvalue weighted by molar-refractivity contribution is 0.214. The second-order valence-electron chi connectivity index (χ2n) is 7.59. The van der Waals surface area contributed by atoms with Crippen LogP contribution in [0.25, 0.3) is 33.3 Å². The first-order valence-electron chi connectivity index (χ1n) is 9.59. The largest absolute Gasteiger partial charge is 0.505 e. The number of benzene rings is 1. The number of phenolic OH excluding ortho intramolecular Hbond substituents is 1. The fourth-order valence-electron chi connectivity index (χ4n) is 4.21. The van der Waals surface area contributed by atoms with Crippen LogP contribution in [0.3, 0.4) is 0 Å². The molecule has 1 aromatic carbocycles. The summed E-state index contributed by atoms with van der Waals surface area (Å²) >= 11 is 0. The number of imidazole rings is 1. The van der Waals surface area contributed by atoms with E-state index < -0.39 is 0 Å². The summed E-state index contributed by atoms with van der Waals surface area (Å²) in [5.74, 6) is 0.128. The first kappa shape index (κ1) is 17.1. The molecule has 0 amide bonds. The average molecular weight is 374 g/mol. The molecule has 1 aliphatic heterocycles. The van der Waals surface area contributed by atoms with Crippen molar-refractivity contribution in [3.63, 3.8) is 0 Å². The zero-order chi connectivity index (χ0) is 19.3. The highest BCUT2D eigenvalue weighted by Crippen LogP contribution is 2.36. The smallest absolute Gasteiger partial charge is 0.183 e. The maximum atomic E-state index is 10.8. The summed E-state index contributed by atoms with van der Waals surface area (Å²) in [5.41, 5.74) is 4.39. The number of likely N-dealkylation sites (tertiary alicyclic amines) is 1. The predicted molar refractivity (Wildman–Crippen MR) is 108 cm³/mol. The maximum Gasteiger partial charge on any atom is 0.183 e. The van der Waals surface area contributed by atoms with Crippen molar-refractivity contribution in [2.24, 2.45) is 0 Å². The molecule has 0 unspecified atom stereocenters. The van der Waals surface area contributed by atoms with Crippen molar-refractivity contribution in [2.75, 3.05) is 20.1 Å². The van der Waals surface area contributed by atoms with Crippen LogP contribution in [0.4, 0.5) is 0 Å². The van der Waals surface area contributed by atoms with Gasteiger partial charge in [0, 0.05) is 35.3 Å². The molecule has 28 heavy (non-hydrogen) atoms. The number of nitrogens with zero attached hydrogens (tertiary/aromatic N) is 6. The fourth-order valence-corrected chi connectivity index (χ4v) is 4.21. The van der Waals surface area contributed by atoms with E-state index in [1.807, 2.05) is 37.5 Å². The molecule has 7 nitrogen and oxygen atoms in total. The van der Waals surface area contributed by atoms with E-state index in [1.165, 1.54) is 6.42 Å². The zero-order valence-corrected chi connectivity index (χ0v) is 16.0. The Hall–Kier alpha value is -3.06. The molecular weight excluding hydrogens is 352 g/mol. The van der Waals surface area contributed by atoms with Gasteiger partial charge in [-0.15, -0.1) is 10.2 Å². The van der Waals surface area contributed by atoms with Gasteiger partial charge in [0.1, 0.15) is 16.7 Å². The minimum Gasteiger partial charge on any atom is -0.505 e. The number of hydrogen-bond acceptors (Lipinski definition) is 6. The predicted octanol–water partition coefficient (Wildman–Crippen LogP) is 3.32. The second-order valence-corrected chi connectivity index (χ2v) is 7.59. The van der Waals surface area contributed by atoms with Crippen LogP contribution in [-0.2, 0) is 0 Å². The van der Waals surface area contributed by atoms with Gasteiger partial charge >= 0.3 is 0 Å². The molecule has 0 aliphatic carbocycles. The molecule has 4 heterocycles. The van der Waals surface area contributed by atoms with E-state index in [0.29, 0.717) is 22.8 Å². The Morgan fingerprint density at radius 3 is 2.86 bits per heavy atom. The number of hydrogen-bond donors (Lipinski definition) is 1. The first-order chi connectivity index (χ1) is 13.6. The molecule has 4 aromatic rings. The van der Waals surface area contributed by atoms with Crippen molar-refractivity contribution < 1.29 is 5.11 Å². The summed E-state index contributed by atoms with van der Waals surface area (Å²) in [5, 5.41) is 20.6. The Bertz CT molecular complexity index is 1180. The normalized spacial score (nSPS) is 18.1. The Morgan fingerprint density at radius 1 is 1.11 bits per heavy atom. The minimum atomic E-state index is 0.128. The summed E-state index contributed by atoms with van der Waals surface area (Å²) in [6.45, 7) is 4.11. The van der Waals surface area contributed by atoms with Crippen LogP contribution in [0.1, 0.15) is 24.4 Å². The van der Waals surface area contributed by atoms with Crippen molar-refractivity contribution in [3.8, 4) is 17.0 Å². The van der Waals surface area contributed by atoms with Crippen LogP contribution >= 0.6 is 0 Å². The van der Waals surface area contributed by atoms with Gasteiger partial charge < -0.3 is 14.6 Å². The Balaban J connectivity index is 1.63. The van der Waals surface area contributed by atoms with E-state index in [1.54, 1.807) is 6.20 Å². The summed E-state index contributed by atoms with van der Waals surface area (Å²) in [6.07, 6.45) is 5.84. The van der Waals surface area contributed by atoms with E-state index >= 15 is 0 Å². The van der Waals surface area contributed by atoms with E-state index in [-0.39, 0.29) is 5.75 Å². The number of fused-ring (bicyclic) bond motifs is 2. The lowest BCUT2D eigenvalue weighted by atomic mass is 10.0. The molecule has 0 saturated carbocycles. The van der Waals surface area contributed by atoms with Crippen molar-refractivity contribution >= 4 is 22.1 Å². The number of piperidine rings is 1. The quantitative estimate of drug-likeness (QED) is 0.580. The van der Waals surface area contributed by atoms with Gasteiger partial charge in [0.2, 0.25) is 0 Å². The lowest BCUT2D eigenvalue weighted by Gasteiger charge is -2.30. The number of phenols is 1. The third-order valence-electron chi connectivity index (χ3n) is 5.72. The van der Waals surface area contributed by atoms with Crippen LogP contribution < -0.4 is 0 Å². The van der Waals surface area contributed by atoms with E-state index in [9.17, 15) is 5.11 Å². The van der Waals surface area contributed by atoms with Gasteiger partial charge in [-0.05, 0) is 45.5 Å². The molecule has 0 radical (unpaired) electrons. The van der Waals surface area contributed by atoms with Crippen molar-refractivity contribution in [3.05, 3.63) is 42.4 Å². The first-order valence-corrected chi connectivity index (χ1v) is 9.59. The third-order valence-corrected chi connectivity index (χ3v) is 5.72. The van der Waals surface area contributed by atoms with Crippen LogP contribution in [0.15, 0.2) is 36.8 Å². The van der Waals surface area contributed by atoms with Crippen LogP contribution in [0, 0.1) is 6.92 Å². The van der Waals surface area contributed by atoms with E-state index in [4.69, 9.17) is 0 Å². The van der Waals surface area contributed by atoms with E-state index in [0.717, 1.165) is 41.6 Å². The Kier molecular flexibility index (Phi) is 3.98. The minimum absolute atomic E-state index is 0.128. The third kappa shape index (κ3) is 2.62. The van der Waals surface area contributed by atoms with Gasteiger partial charge in [-0.1, -0.05) is 12.1 Å². The molecule has 1 atom stereocenters. The SMILES string of the molecule is Cc1c(-c2ccc3cccnc3c2O)nnc2c1ncn2[C@@H]1CCCN(C)C1. The topological polar surface area (TPSA) is 80.0 Å². The van der Waals surface area contributed by atoms with Crippen molar-refractivity contribution in [1.29, 1.82) is 0 Å². The molecule has 1 N–H and O–H groups in total. The highest BCUT2D eigenvalue weighted by Gasteiger charge is 2.23. The highest BCUT2D eigenvalue weighted by atomic mass is 16.3. The lowest BCUT2D eigenvalue weighted by Crippen LogP contribution is -2.33. The molecule has 142 valence electrons. The molecular formula is C21H22N6O. The molecule has 3 aromatic heterocycles. The summed E-state index contributed by atoms with van der Waals surface area (Å²) in [4.78, 5) is 11.3. The Labute approximate surface area is 162 Å². The van der Waals surface area contributed by atoms with Crippen LogP contribution in [-0.4, -0.2) is 54.9 Å². The maximum absolute atomic E-state index is 10.8. The van der Waals surface area contributed by atoms with Gasteiger partial charge in [0.05, 0.1) is 6.33 Å². The van der Waals surface area contributed by atoms with Gasteiger partial charge in [-0.25, -0.2) is 4.98 Å². The van der Waals surface area contributed by atoms with Crippen LogP contribution in [0.5, 0.6) is 5.75 Å². The molecule has 5 rings (SSSR count). The highest BCUT2D eigenvalue weighted by molar-refractivity contribution is 5.93. The van der Waals surface area contributed by atoms with Crippen molar-refractivity contribution in [2.45, 2.75) is 25.8 Å². The molecule has 1 saturated heterocycles. The van der Waals surface area contributed by atoms with E-state index in [2.05, 4.69) is 36.7 Å². The molecule has 7 heteroatoms. The average Bonchev–Trinajstić information content (AvgIpc) is 3.14. The number of pyridine rings is 1. The molecule has 0 spiro atoms. The monoisotopic (exact) mass is 374 g/mol. The molecule has 1 fully saturated rings. The van der Waals surface area contributed by atoms with Crippen LogP contribution in [0.2, 0.25) is 0 Å². The standard InChI is InChI=1S/C21H22N6O/c1-13-17(16-8-7-14-5-3-9-22-19(14)20(16)28)24-25-21-18(13)23-12-27(21)15-6-4-10-26(2)11-15/h3,5,7-9,12,15,28H,4,6,10-11H2,1-2H3/t15-/m1/s1. The Morgan fingerprint density at radius 2 is 2.00 bits per heavy atom. The number of likely N-dealkylation sites (N-methyl/N-ethyl adjacent to an activating group) is 1. The number of aromatic hydroxyl groups is 1. The number of aryl methyl sites for hydroxylation is 1. The summed E-state index contributed by atoms with van der Waals surface area (Å²) in [7, 11) is 2.15. The fraction of sp³-hybridized carbons (Fsp3) is 0.333. The van der Waals surface area contributed by atoms with Gasteiger partial charge in [-0.3, -0.25) is 4.98 Å². The zero-order valence-electron chi connectivity index (χ0n) is 16.0. The number of rotatable bonds is 2. The summed E-state index contributed by atoms with van der Waals surface area (Å²) < 4.78 is 2.15. The molecule has 0 bridgehead atoms. The summed E-state index contributed by atoms with van der Waals surface area (Å²) in [6, 6.07) is 7.96. The second kappa shape index (κ2) is 6.53.